The summed E-state index contributed by atoms with van der Waals surface area (Å²) in [6, 6.07) is 0. The first-order chi connectivity index (χ1) is 5.14. The minimum Gasteiger partial charge on any atom is -0.303 e. The highest BCUT2D eigenvalue weighted by Crippen LogP contribution is 2.17. The van der Waals surface area contributed by atoms with Gasteiger partial charge in [0, 0.05) is 12.0 Å². The number of aldehydes is 1. The zero-order valence-corrected chi connectivity index (χ0v) is 7.47. The normalized spacial score (nSPS) is 20.5. The SMILES string of the molecule is CC(C)(C=O)CN1CCCC1. The molecule has 2 nitrogen and oxygen atoms in total. The molecule has 2 heteroatoms. The molecule has 0 atom stereocenters. The van der Waals surface area contributed by atoms with Gasteiger partial charge in [-0.2, -0.15) is 0 Å². The molecule has 1 heterocycles. The van der Waals surface area contributed by atoms with E-state index in [9.17, 15) is 4.79 Å². The van der Waals surface area contributed by atoms with Crippen molar-refractivity contribution in [1.82, 2.24) is 4.90 Å². The van der Waals surface area contributed by atoms with Crippen LogP contribution in [0.4, 0.5) is 0 Å². The van der Waals surface area contributed by atoms with Gasteiger partial charge in [-0.1, -0.05) is 13.8 Å². The van der Waals surface area contributed by atoms with Gasteiger partial charge in [-0.15, -0.1) is 0 Å². The summed E-state index contributed by atoms with van der Waals surface area (Å²) in [4.78, 5) is 13.0. The molecule has 1 saturated heterocycles. The van der Waals surface area contributed by atoms with Crippen molar-refractivity contribution in [3.8, 4) is 0 Å². The van der Waals surface area contributed by atoms with Crippen molar-refractivity contribution in [2.45, 2.75) is 26.7 Å². The largest absolute Gasteiger partial charge is 0.303 e. The van der Waals surface area contributed by atoms with E-state index in [4.69, 9.17) is 0 Å². The summed E-state index contributed by atoms with van der Waals surface area (Å²) in [6.45, 7) is 7.28. The maximum Gasteiger partial charge on any atom is 0.126 e. The quantitative estimate of drug-likeness (QED) is 0.573. The van der Waals surface area contributed by atoms with Crippen LogP contribution in [0.5, 0.6) is 0 Å². The Balaban J connectivity index is 2.33. The van der Waals surface area contributed by atoms with Crippen LogP contribution in [0.2, 0.25) is 0 Å². The first-order valence-corrected chi connectivity index (χ1v) is 4.33. The Morgan fingerprint density at radius 1 is 1.36 bits per heavy atom. The molecule has 0 aliphatic carbocycles. The van der Waals surface area contributed by atoms with E-state index in [2.05, 4.69) is 4.90 Å². The van der Waals surface area contributed by atoms with Gasteiger partial charge in [0.05, 0.1) is 0 Å². The third-order valence-electron chi connectivity index (χ3n) is 2.15. The first-order valence-electron chi connectivity index (χ1n) is 4.33. The molecule has 0 spiro atoms. The summed E-state index contributed by atoms with van der Waals surface area (Å²) in [5.41, 5.74) is -0.148. The first kappa shape index (κ1) is 8.72. The summed E-state index contributed by atoms with van der Waals surface area (Å²) >= 11 is 0. The van der Waals surface area contributed by atoms with Crippen LogP contribution in [0.3, 0.4) is 0 Å². The number of likely N-dealkylation sites (tertiary alicyclic amines) is 1. The van der Waals surface area contributed by atoms with Crippen molar-refractivity contribution in [2.24, 2.45) is 5.41 Å². The summed E-state index contributed by atoms with van der Waals surface area (Å²) < 4.78 is 0. The second-order valence-electron chi connectivity index (χ2n) is 4.09. The van der Waals surface area contributed by atoms with Crippen molar-refractivity contribution in [3.05, 3.63) is 0 Å². The summed E-state index contributed by atoms with van der Waals surface area (Å²) in [5.74, 6) is 0. The van der Waals surface area contributed by atoms with Crippen molar-refractivity contribution in [2.75, 3.05) is 19.6 Å². The van der Waals surface area contributed by atoms with Crippen molar-refractivity contribution < 1.29 is 4.79 Å². The predicted octanol–water partition coefficient (Wildman–Crippen LogP) is 1.31. The maximum absolute atomic E-state index is 10.6. The van der Waals surface area contributed by atoms with Crippen molar-refractivity contribution in [3.63, 3.8) is 0 Å². The molecule has 0 saturated carbocycles. The van der Waals surface area contributed by atoms with Crippen LogP contribution in [0, 0.1) is 5.41 Å². The Bertz CT molecular complexity index is 136. The van der Waals surface area contributed by atoms with Gasteiger partial charge in [-0.3, -0.25) is 0 Å². The molecule has 1 rings (SSSR count). The van der Waals surface area contributed by atoms with Gasteiger partial charge in [0.2, 0.25) is 0 Å². The Kier molecular flexibility index (Phi) is 2.66. The fraction of sp³-hybridized carbons (Fsp3) is 0.889. The molecule has 1 fully saturated rings. The lowest BCUT2D eigenvalue weighted by Crippen LogP contribution is -2.33. The van der Waals surface area contributed by atoms with E-state index in [1.807, 2.05) is 13.8 Å². The zero-order valence-electron chi connectivity index (χ0n) is 7.47. The third-order valence-corrected chi connectivity index (χ3v) is 2.15. The monoisotopic (exact) mass is 155 g/mol. The standard InChI is InChI=1S/C9H17NO/c1-9(2,8-11)7-10-5-3-4-6-10/h8H,3-7H2,1-2H3. The van der Waals surface area contributed by atoms with E-state index >= 15 is 0 Å². The van der Waals surface area contributed by atoms with E-state index < -0.39 is 0 Å². The van der Waals surface area contributed by atoms with Crippen LogP contribution >= 0.6 is 0 Å². The van der Waals surface area contributed by atoms with Crippen LogP contribution in [0.1, 0.15) is 26.7 Å². The van der Waals surface area contributed by atoms with Crippen LogP contribution in [-0.2, 0) is 4.79 Å². The molecule has 1 aliphatic rings. The minimum atomic E-state index is -0.148. The maximum atomic E-state index is 10.6. The molecule has 0 aromatic rings. The highest BCUT2D eigenvalue weighted by atomic mass is 16.1. The summed E-state index contributed by atoms with van der Waals surface area (Å²) in [5, 5.41) is 0. The highest BCUT2D eigenvalue weighted by molar-refractivity contribution is 5.58. The van der Waals surface area contributed by atoms with Gasteiger partial charge >= 0.3 is 0 Å². The lowest BCUT2D eigenvalue weighted by atomic mass is 9.95. The zero-order chi connectivity index (χ0) is 8.32. The Hall–Kier alpha value is -0.370. The summed E-state index contributed by atoms with van der Waals surface area (Å²) in [6.07, 6.45) is 3.66. The Morgan fingerprint density at radius 3 is 2.36 bits per heavy atom. The van der Waals surface area contributed by atoms with E-state index in [1.54, 1.807) is 0 Å². The van der Waals surface area contributed by atoms with Gasteiger partial charge in [-0.25, -0.2) is 0 Å². The summed E-state index contributed by atoms with van der Waals surface area (Å²) in [7, 11) is 0. The van der Waals surface area contributed by atoms with Gasteiger partial charge in [0.1, 0.15) is 6.29 Å². The van der Waals surface area contributed by atoms with Crippen LogP contribution in [0.25, 0.3) is 0 Å². The Morgan fingerprint density at radius 2 is 1.91 bits per heavy atom. The molecule has 11 heavy (non-hydrogen) atoms. The predicted molar refractivity (Wildman–Crippen MR) is 45.5 cm³/mol. The molecule has 0 aromatic carbocycles. The third kappa shape index (κ3) is 2.62. The van der Waals surface area contributed by atoms with E-state index in [0.717, 1.165) is 12.8 Å². The number of hydrogen-bond donors (Lipinski definition) is 0. The number of hydrogen-bond acceptors (Lipinski definition) is 2. The average molecular weight is 155 g/mol. The molecule has 64 valence electrons. The van der Waals surface area contributed by atoms with Gasteiger partial charge in [-0.05, 0) is 25.9 Å². The van der Waals surface area contributed by atoms with Crippen LogP contribution in [-0.4, -0.2) is 30.8 Å². The van der Waals surface area contributed by atoms with Crippen molar-refractivity contribution in [1.29, 1.82) is 0 Å². The van der Waals surface area contributed by atoms with E-state index in [0.29, 0.717) is 0 Å². The molecule has 0 amide bonds. The molecule has 1 aliphatic heterocycles. The fourth-order valence-electron chi connectivity index (χ4n) is 1.55. The minimum absolute atomic E-state index is 0.148. The number of rotatable bonds is 3. The lowest BCUT2D eigenvalue weighted by Gasteiger charge is -2.24. The molecular weight excluding hydrogens is 138 g/mol. The molecule has 0 bridgehead atoms. The van der Waals surface area contributed by atoms with Crippen molar-refractivity contribution >= 4 is 6.29 Å². The second-order valence-corrected chi connectivity index (χ2v) is 4.09. The molecule has 0 radical (unpaired) electrons. The molecule has 0 unspecified atom stereocenters. The second kappa shape index (κ2) is 3.35. The fourth-order valence-corrected chi connectivity index (χ4v) is 1.55. The highest BCUT2D eigenvalue weighted by Gasteiger charge is 2.22. The van der Waals surface area contributed by atoms with E-state index in [1.165, 1.54) is 25.9 Å². The Labute approximate surface area is 68.6 Å². The van der Waals surface area contributed by atoms with E-state index in [-0.39, 0.29) is 5.41 Å². The smallest absolute Gasteiger partial charge is 0.126 e. The lowest BCUT2D eigenvalue weighted by molar-refractivity contribution is -0.115. The topological polar surface area (TPSA) is 20.3 Å². The van der Waals surface area contributed by atoms with Gasteiger partial charge < -0.3 is 9.69 Å². The number of carbonyl (C=O) groups excluding carboxylic acids is 1. The average Bonchev–Trinajstić information content (AvgIpc) is 2.39. The molecule has 0 aromatic heterocycles. The number of nitrogens with zero attached hydrogens (tertiary/aromatic N) is 1. The van der Waals surface area contributed by atoms with Gasteiger partial charge in [0.15, 0.2) is 0 Å². The molecule has 0 N–H and O–H groups in total. The van der Waals surface area contributed by atoms with Crippen LogP contribution < -0.4 is 0 Å². The van der Waals surface area contributed by atoms with Crippen LogP contribution in [0.15, 0.2) is 0 Å². The molecular formula is C9H17NO. The number of carbonyl (C=O) groups is 1. The van der Waals surface area contributed by atoms with Gasteiger partial charge in [0.25, 0.3) is 0 Å².